The van der Waals surface area contributed by atoms with Gasteiger partial charge < -0.3 is 0 Å². The number of hydrogen-bond acceptors (Lipinski definition) is 2. The number of rotatable bonds is 4. The van der Waals surface area contributed by atoms with Crippen LogP contribution < -0.4 is 0 Å². The Kier molecular flexibility index (Phi) is 4.08. The minimum absolute atomic E-state index is 0.903. The first-order valence-electron chi connectivity index (χ1n) is 6.17. The topological polar surface area (TPSA) is 41.6 Å². The van der Waals surface area contributed by atoms with Gasteiger partial charge in [0, 0.05) is 17.5 Å². The maximum Gasteiger partial charge on any atom is 0.0722 e. The molecule has 0 spiro atoms. The molecule has 0 saturated heterocycles. The lowest BCUT2D eigenvalue weighted by atomic mass is 10.0. The van der Waals surface area contributed by atoms with E-state index in [-0.39, 0.29) is 0 Å². The van der Waals surface area contributed by atoms with Gasteiger partial charge in [0.05, 0.1) is 11.9 Å². The van der Waals surface area contributed by atoms with Crippen LogP contribution in [0.5, 0.6) is 0 Å². The van der Waals surface area contributed by atoms with E-state index in [1.165, 1.54) is 0 Å². The van der Waals surface area contributed by atoms with Crippen molar-refractivity contribution in [2.75, 3.05) is 0 Å². The fourth-order valence-electron chi connectivity index (χ4n) is 1.83. The zero-order valence-corrected chi connectivity index (χ0v) is 11.2. The number of nitrogens with one attached hydrogen (secondary N) is 1. The normalized spacial score (nSPS) is 11.5. The van der Waals surface area contributed by atoms with Crippen LogP contribution in [-0.4, -0.2) is 15.2 Å². The lowest BCUT2D eigenvalue weighted by Crippen LogP contribution is -1.87. The van der Waals surface area contributed by atoms with E-state index in [0.717, 1.165) is 28.1 Å². The summed E-state index contributed by atoms with van der Waals surface area (Å²) in [5.41, 5.74) is 4.96. The van der Waals surface area contributed by atoms with Crippen molar-refractivity contribution in [1.29, 1.82) is 0 Å². The molecule has 2 aromatic rings. The summed E-state index contributed by atoms with van der Waals surface area (Å²) in [7, 11) is 0. The van der Waals surface area contributed by atoms with Crippen molar-refractivity contribution >= 4 is 5.57 Å². The predicted molar refractivity (Wildman–Crippen MR) is 79.5 cm³/mol. The summed E-state index contributed by atoms with van der Waals surface area (Å²) in [5, 5.41) is 7.12. The molecule has 0 atom stereocenters. The van der Waals surface area contributed by atoms with Crippen LogP contribution in [0, 0.1) is 6.92 Å². The second-order valence-electron chi connectivity index (χ2n) is 4.25. The summed E-state index contributed by atoms with van der Waals surface area (Å²) in [6.07, 6.45) is 11.5. The van der Waals surface area contributed by atoms with Crippen LogP contribution in [0.3, 0.4) is 0 Å². The number of aromatic nitrogens is 3. The average Bonchev–Trinajstić information content (AvgIpc) is 2.88. The highest BCUT2D eigenvalue weighted by molar-refractivity contribution is 5.82. The molecule has 1 N–H and O–H groups in total. The van der Waals surface area contributed by atoms with Crippen molar-refractivity contribution in [3.8, 4) is 11.1 Å². The molecular formula is C16H17N3. The molecule has 19 heavy (non-hydrogen) atoms. The Labute approximate surface area is 113 Å². The number of H-pyrrole nitrogens is 1. The predicted octanol–water partition coefficient (Wildman–Crippen LogP) is 3.93. The fraction of sp³-hybridized carbons (Fsp3) is 0.125. The molecule has 0 aliphatic carbocycles. The molecular weight excluding hydrogens is 234 g/mol. The Hall–Kier alpha value is -2.42. The third-order valence-electron chi connectivity index (χ3n) is 2.77. The average molecular weight is 251 g/mol. The van der Waals surface area contributed by atoms with E-state index >= 15 is 0 Å². The highest BCUT2D eigenvalue weighted by Crippen LogP contribution is 2.26. The van der Waals surface area contributed by atoms with Crippen LogP contribution in [0.4, 0.5) is 0 Å². The molecule has 0 bridgehead atoms. The van der Waals surface area contributed by atoms with Gasteiger partial charge in [-0.1, -0.05) is 30.9 Å². The standard InChI is InChI=1S/C16H17N3/c1-4-5-6-7-12(2)16-15(11-18-19-16)14-8-9-17-13(3)10-14/h4-11H,2H2,1,3H3,(H,18,19)/b5-4-,7-6-. The van der Waals surface area contributed by atoms with E-state index in [0.29, 0.717) is 0 Å². The first-order valence-corrected chi connectivity index (χ1v) is 6.17. The van der Waals surface area contributed by atoms with Crippen molar-refractivity contribution in [2.45, 2.75) is 13.8 Å². The largest absolute Gasteiger partial charge is 0.277 e. The number of hydrogen-bond donors (Lipinski definition) is 1. The molecule has 0 saturated carbocycles. The first kappa shape index (κ1) is 13.0. The number of allylic oxidation sites excluding steroid dienone is 5. The summed E-state index contributed by atoms with van der Waals surface area (Å²) in [6, 6.07) is 4.02. The molecule has 3 nitrogen and oxygen atoms in total. The van der Waals surface area contributed by atoms with E-state index < -0.39 is 0 Å². The van der Waals surface area contributed by atoms with Crippen LogP contribution in [-0.2, 0) is 0 Å². The van der Waals surface area contributed by atoms with Gasteiger partial charge in [0.25, 0.3) is 0 Å². The van der Waals surface area contributed by atoms with Crippen LogP contribution in [0.1, 0.15) is 18.3 Å². The third kappa shape index (κ3) is 3.07. The van der Waals surface area contributed by atoms with Crippen LogP contribution >= 0.6 is 0 Å². The van der Waals surface area contributed by atoms with E-state index in [1.807, 2.05) is 56.5 Å². The Morgan fingerprint density at radius 3 is 2.95 bits per heavy atom. The van der Waals surface area contributed by atoms with Crippen molar-refractivity contribution in [2.24, 2.45) is 0 Å². The maximum atomic E-state index is 4.21. The monoisotopic (exact) mass is 251 g/mol. The molecule has 2 rings (SSSR count). The van der Waals surface area contributed by atoms with Gasteiger partial charge in [0.1, 0.15) is 0 Å². The molecule has 0 aromatic carbocycles. The Morgan fingerprint density at radius 2 is 2.21 bits per heavy atom. The lowest BCUT2D eigenvalue weighted by molar-refractivity contribution is 1.08. The highest BCUT2D eigenvalue weighted by Gasteiger charge is 2.09. The minimum atomic E-state index is 0.903. The van der Waals surface area contributed by atoms with Gasteiger partial charge in [-0.2, -0.15) is 5.10 Å². The number of aromatic amines is 1. The van der Waals surface area contributed by atoms with E-state index in [4.69, 9.17) is 0 Å². The van der Waals surface area contributed by atoms with E-state index in [2.05, 4.69) is 21.8 Å². The summed E-state index contributed by atoms with van der Waals surface area (Å²) in [5.74, 6) is 0. The molecule has 0 fully saturated rings. The third-order valence-corrected chi connectivity index (χ3v) is 2.77. The fourth-order valence-corrected chi connectivity index (χ4v) is 1.83. The number of pyridine rings is 1. The van der Waals surface area contributed by atoms with Crippen LogP contribution in [0.2, 0.25) is 0 Å². The van der Waals surface area contributed by atoms with Gasteiger partial charge >= 0.3 is 0 Å². The zero-order valence-electron chi connectivity index (χ0n) is 11.2. The first-order chi connectivity index (χ1) is 9.22. The quantitative estimate of drug-likeness (QED) is 0.837. The van der Waals surface area contributed by atoms with Gasteiger partial charge in [-0.25, -0.2) is 0 Å². The highest BCUT2D eigenvalue weighted by atomic mass is 15.1. The lowest BCUT2D eigenvalue weighted by Gasteiger charge is -2.03. The van der Waals surface area contributed by atoms with Gasteiger partial charge in [-0.3, -0.25) is 10.1 Å². The number of aryl methyl sites for hydroxylation is 1. The van der Waals surface area contributed by atoms with Crippen molar-refractivity contribution in [3.05, 3.63) is 66.8 Å². The van der Waals surface area contributed by atoms with Crippen molar-refractivity contribution < 1.29 is 0 Å². The molecule has 0 radical (unpaired) electrons. The van der Waals surface area contributed by atoms with Crippen molar-refractivity contribution in [1.82, 2.24) is 15.2 Å². The molecule has 0 aliphatic heterocycles. The van der Waals surface area contributed by atoms with Crippen LogP contribution in [0.15, 0.2) is 55.4 Å². The van der Waals surface area contributed by atoms with Gasteiger partial charge in [0.2, 0.25) is 0 Å². The minimum Gasteiger partial charge on any atom is -0.277 e. The Morgan fingerprint density at radius 1 is 1.37 bits per heavy atom. The second-order valence-corrected chi connectivity index (χ2v) is 4.25. The molecule has 0 amide bonds. The van der Waals surface area contributed by atoms with Crippen LogP contribution in [0.25, 0.3) is 16.7 Å². The van der Waals surface area contributed by atoms with Gasteiger partial charge in [0.15, 0.2) is 0 Å². The maximum absolute atomic E-state index is 4.21. The summed E-state index contributed by atoms with van der Waals surface area (Å²) >= 11 is 0. The number of nitrogens with zero attached hydrogens (tertiary/aromatic N) is 2. The second kappa shape index (κ2) is 5.96. The summed E-state index contributed by atoms with van der Waals surface area (Å²) in [6.45, 7) is 8.03. The smallest absolute Gasteiger partial charge is 0.0722 e. The molecule has 2 aromatic heterocycles. The van der Waals surface area contributed by atoms with Gasteiger partial charge in [-0.15, -0.1) is 0 Å². The zero-order chi connectivity index (χ0) is 13.7. The molecule has 2 heterocycles. The van der Waals surface area contributed by atoms with E-state index in [9.17, 15) is 0 Å². The summed E-state index contributed by atoms with van der Waals surface area (Å²) < 4.78 is 0. The van der Waals surface area contributed by atoms with E-state index in [1.54, 1.807) is 6.20 Å². The molecule has 0 unspecified atom stereocenters. The SMILES string of the molecule is C=C(/C=C\C=C/C)c1[nH]ncc1-c1ccnc(C)c1. The van der Waals surface area contributed by atoms with Crippen molar-refractivity contribution in [3.63, 3.8) is 0 Å². The molecule has 3 heteroatoms. The van der Waals surface area contributed by atoms with Gasteiger partial charge in [-0.05, 0) is 37.1 Å². The summed E-state index contributed by atoms with van der Waals surface area (Å²) in [4.78, 5) is 4.21. The molecule has 96 valence electrons. The Bertz CT molecular complexity index is 633. The Balaban J connectivity index is 2.35. The molecule has 0 aliphatic rings.